The molecule has 4 aromatic rings. The van der Waals surface area contributed by atoms with E-state index in [4.69, 9.17) is 23.2 Å². The van der Waals surface area contributed by atoms with Crippen molar-refractivity contribution in [2.24, 2.45) is 0 Å². The number of hydrogen-bond donors (Lipinski definition) is 1. The monoisotopic (exact) mass is 651 g/mol. The lowest BCUT2D eigenvalue weighted by Crippen LogP contribution is -2.56. The first-order valence-electron chi connectivity index (χ1n) is 14.1. The molecule has 4 rings (SSSR count). The smallest absolute Gasteiger partial charge is 0.264 e. The van der Waals surface area contributed by atoms with Crippen LogP contribution in [-0.4, -0.2) is 43.3 Å². The average Bonchev–Trinajstić information content (AvgIpc) is 2.99. The van der Waals surface area contributed by atoms with Gasteiger partial charge in [-0.2, -0.15) is 0 Å². The Morgan fingerprint density at radius 3 is 1.91 bits per heavy atom. The number of halogens is 2. The second kappa shape index (κ2) is 14.3. The first kappa shape index (κ1) is 33.1. The molecule has 230 valence electrons. The van der Waals surface area contributed by atoms with Crippen molar-refractivity contribution < 1.29 is 18.0 Å². The molecule has 1 unspecified atom stereocenters. The summed E-state index contributed by atoms with van der Waals surface area (Å²) in [5, 5.41) is 3.66. The zero-order valence-electron chi connectivity index (χ0n) is 24.8. The summed E-state index contributed by atoms with van der Waals surface area (Å²) < 4.78 is 29.0. The Labute approximate surface area is 269 Å². The number of rotatable bonds is 11. The predicted molar refractivity (Wildman–Crippen MR) is 176 cm³/mol. The minimum Gasteiger partial charge on any atom is -0.350 e. The van der Waals surface area contributed by atoms with E-state index in [1.807, 2.05) is 51.1 Å². The third-order valence-electron chi connectivity index (χ3n) is 6.76. The van der Waals surface area contributed by atoms with Gasteiger partial charge in [-0.15, -0.1) is 0 Å². The maximum atomic E-state index is 14.4. The number of hydrogen-bond acceptors (Lipinski definition) is 4. The molecule has 0 radical (unpaired) electrons. The number of carbonyl (C=O) groups excluding carboxylic acids is 2. The Kier molecular flexibility index (Phi) is 10.7. The molecular weight excluding hydrogens is 617 g/mol. The van der Waals surface area contributed by atoms with E-state index < -0.39 is 34.1 Å². The summed E-state index contributed by atoms with van der Waals surface area (Å²) in [6.45, 7) is 5.02. The van der Waals surface area contributed by atoms with E-state index >= 15 is 0 Å². The van der Waals surface area contributed by atoms with Crippen LogP contribution < -0.4 is 9.62 Å². The largest absolute Gasteiger partial charge is 0.350 e. The summed E-state index contributed by atoms with van der Waals surface area (Å²) in [6, 6.07) is 29.8. The van der Waals surface area contributed by atoms with Gasteiger partial charge >= 0.3 is 0 Å². The van der Waals surface area contributed by atoms with E-state index in [2.05, 4.69) is 5.32 Å². The maximum Gasteiger partial charge on any atom is 0.264 e. The van der Waals surface area contributed by atoms with Gasteiger partial charge in [-0.3, -0.25) is 13.9 Å². The fraction of sp³-hybridized carbons (Fsp3) is 0.235. The standard InChI is InChI=1S/C34H35Cl2N3O4S/c1-34(2,3)37-33(41)31(22-25-13-7-4-8-14-25)38(23-26-19-20-29(35)30(36)21-26)32(40)24-39(27-15-9-5-10-16-27)44(42,43)28-17-11-6-12-18-28/h4-21,31H,22-24H2,1-3H3,(H,37,41). The normalized spacial score (nSPS) is 12.3. The van der Waals surface area contributed by atoms with E-state index in [0.717, 1.165) is 9.87 Å². The summed E-state index contributed by atoms with van der Waals surface area (Å²) >= 11 is 12.5. The number of benzene rings is 4. The summed E-state index contributed by atoms with van der Waals surface area (Å²) in [5.41, 5.74) is 1.20. The number of carbonyl (C=O) groups is 2. The van der Waals surface area contributed by atoms with Crippen LogP contribution in [0.3, 0.4) is 0 Å². The van der Waals surface area contributed by atoms with E-state index in [-0.39, 0.29) is 23.8 Å². The van der Waals surface area contributed by atoms with Crippen molar-refractivity contribution in [3.05, 3.63) is 130 Å². The lowest BCUT2D eigenvalue weighted by Gasteiger charge is -2.35. The summed E-state index contributed by atoms with van der Waals surface area (Å²) in [6.07, 6.45) is 0.201. The molecule has 0 aliphatic rings. The van der Waals surface area contributed by atoms with Crippen LogP contribution in [0.4, 0.5) is 5.69 Å². The van der Waals surface area contributed by atoms with E-state index in [1.165, 1.54) is 17.0 Å². The Morgan fingerprint density at radius 2 is 1.34 bits per heavy atom. The van der Waals surface area contributed by atoms with Gasteiger partial charge in [-0.25, -0.2) is 8.42 Å². The third kappa shape index (κ3) is 8.62. The van der Waals surface area contributed by atoms with Crippen LogP contribution in [0, 0.1) is 0 Å². The number of nitrogens with zero attached hydrogens (tertiary/aromatic N) is 2. The maximum absolute atomic E-state index is 14.4. The molecule has 0 spiro atoms. The Bertz CT molecular complexity index is 1680. The van der Waals surface area contributed by atoms with Gasteiger partial charge in [0, 0.05) is 18.5 Å². The van der Waals surface area contributed by atoms with Gasteiger partial charge in [-0.1, -0.05) is 96.0 Å². The second-order valence-electron chi connectivity index (χ2n) is 11.4. The van der Waals surface area contributed by atoms with Crippen molar-refractivity contribution in [2.45, 2.75) is 50.2 Å². The molecule has 44 heavy (non-hydrogen) atoms. The van der Waals surface area contributed by atoms with Crippen molar-refractivity contribution in [2.75, 3.05) is 10.8 Å². The summed E-state index contributed by atoms with van der Waals surface area (Å²) in [7, 11) is -4.15. The third-order valence-corrected chi connectivity index (χ3v) is 9.29. The number of amides is 2. The van der Waals surface area contributed by atoms with Gasteiger partial charge in [0.2, 0.25) is 11.8 Å². The molecule has 0 fully saturated rings. The fourth-order valence-electron chi connectivity index (χ4n) is 4.68. The molecule has 0 aliphatic heterocycles. The Morgan fingerprint density at radius 1 is 0.773 bits per heavy atom. The minimum atomic E-state index is -4.15. The lowest BCUT2D eigenvalue weighted by atomic mass is 10.0. The molecular formula is C34H35Cl2N3O4S. The highest BCUT2D eigenvalue weighted by Crippen LogP contribution is 2.27. The van der Waals surface area contributed by atoms with Gasteiger partial charge in [-0.05, 0) is 68.3 Å². The molecule has 0 saturated carbocycles. The summed E-state index contributed by atoms with van der Waals surface area (Å²) in [4.78, 5) is 29.8. The quantitative estimate of drug-likeness (QED) is 0.194. The highest BCUT2D eigenvalue weighted by Gasteiger charge is 2.35. The molecule has 1 N–H and O–H groups in total. The average molecular weight is 653 g/mol. The van der Waals surface area contributed by atoms with Crippen LogP contribution in [0.1, 0.15) is 31.9 Å². The van der Waals surface area contributed by atoms with Gasteiger partial charge < -0.3 is 10.2 Å². The molecule has 0 heterocycles. The topological polar surface area (TPSA) is 86.8 Å². The molecule has 0 aromatic heterocycles. The number of anilines is 1. The zero-order valence-corrected chi connectivity index (χ0v) is 27.1. The predicted octanol–water partition coefficient (Wildman–Crippen LogP) is 6.74. The molecule has 2 amide bonds. The van der Waals surface area contributed by atoms with Crippen molar-refractivity contribution >= 4 is 50.7 Å². The minimum absolute atomic E-state index is 0.0151. The molecule has 0 aliphatic carbocycles. The number of sulfonamides is 1. The van der Waals surface area contributed by atoms with Crippen LogP contribution >= 0.6 is 23.2 Å². The first-order chi connectivity index (χ1) is 20.8. The Hall–Kier alpha value is -3.85. The molecule has 0 bridgehead atoms. The van der Waals surface area contributed by atoms with E-state index in [0.29, 0.717) is 21.3 Å². The van der Waals surface area contributed by atoms with Crippen LogP contribution in [0.2, 0.25) is 10.0 Å². The van der Waals surface area contributed by atoms with Crippen LogP contribution in [0.15, 0.2) is 114 Å². The van der Waals surface area contributed by atoms with Crippen molar-refractivity contribution in [1.82, 2.24) is 10.2 Å². The highest BCUT2D eigenvalue weighted by molar-refractivity contribution is 7.92. The molecule has 10 heteroatoms. The first-order valence-corrected chi connectivity index (χ1v) is 16.3. The number of nitrogens with one attached hydrogen (secondary N) is 1. The molecule has 1 atom stereocenters. The van der Waals surface area contributed by atoms with E-state index in [9.17, 15) is 18.0 Å². The van der Waals surface area contributed by atoms with Crippen LogP contribution in [0.5, 0.6) is 0 Å². The summed E-state index contributed by atoms with van der Waals surface area (Å²) in [5.74, 6) is -0.934. The van der Waals surface area contributed by atoms with Crippen molar-refractivity contribution in [1.29, 1.82) is 0 Å². The SMILES string of the molecule is CC(C)(C)NC(=O)C(Cc1ccccc1)N(Cc1ccc(Cl)c(Cl)c1)C(=O)CN(c1ccccc1)S(=O)(=O)c1ccccc1. The van der Waals surface area contributed by atoms with Gasteiger partial charge in [0.15, 0.2) is 0 Å². The molecule has 7 nitrogen and oxygen atoms in total. The van der Waals surface area contributed by atoms with Gasteiger partial charge in [0.05, 0.1) is 20.6 Å². The Balaban J connectivity index is 1.81. The number of para-hydroxylation sites is 1. The second-order valence-corrected chi connectivity index (χ2v) is 14.1. The molecule has 4 aromatic carbocycles. The fourth-order valence-corrected chi connectivity index (χ4v) is 6.44. The lowest BCUT2D eigenvalue weighted by molar-refractivity contribution is -0.140. The van der Waals surface area contributed by atoms with Crippen LogP contribution in [-0.2, 0) is 32.6 Å². The van der Waals surface area contributed by atoms with E-state index in [1.54, 1.807) is 66.7 Å². The van der Waals surface area contributed by atoms with Crippen molar-refractivity contribution in [3.8, 4) is 0 Å². The molecule has 0 saturated heterocycles. The zero-order chi connectivity index (χ0) is 31.9. The van der Waals surface area contributed by atoms with Gasteiger partial charge in [0.1, 0.15) is 12.6 Å². The van der Waals surface area contributed by atoms with Gasteiger partial charge in [0.25, 0.3) is 10.0 Å². The van der Waals surface area contributed by atoms with Crippen LogP contribution in [0.25, 0.3) is 0 Å². The highest BCUT2D eigenvalue weighted by atomic mass is 35.5. The van der Waals surface area contributed by atoms with Crippen molar-refractivity contribution in [3.63, 3.8) is 0 Å².